The van der Waals surface area contributed by atoms with Gasteiger partial charge in [-0.3, -0.25) is 14.3 Å². The number of carbonyl (C=O) groups excluding carboxylic acids is 2. The van der Waals surface area contributed by atoms with E-state index in [2.05, 4.69) is 25.9 Å². The molecule has 0 saturated heterocycles. The maximum Gasteiger partial charge on any atom is 0.256 e. The lowest BCUT2D eigenvalue weighted by Gasteiger charge is -2.10. The first-order valence-electron chi connectivity index (χ1n) is 10.7. The topological polar surface area (TPSA) is 105 Å². The van der Waals surface area contributed by atoms with Gasteiger partial charge in [0.2, 0.25) is 0 Å². The van der Waals surface area contributed by atoms with Crippen LogP contribution in [0, 0.1) is 12.7 Å². The molecule has 34 heavy (non-hydrogen) atoms. The van der Waals surface area contributed by atoms with Gasteiger partial charge in [-0.1, -0.05) is 35.5 Å². The van der Waals surface area contributed by atoms with Crippen molar-refractivity contribution in [3.8, 4) is 11.1 Å². The molecule has 8 nitrogen and oxygen atoms in total. The van der Waals surface area contributed by atoms with Crippen molar-refractivity contribution in [2.24, 2.45) is 0 Å². The predicted molar refractivity (Wildman–Crippen MR) is 126 cm³/mol. The molecule has 1 aliphatic heterocycles. The Hall–Kier alpha value is -4.53. The summed E-state index contributed by atoms with van der Waals surface area (Å²) in [5.74, 6) is -0.973. The molecule has 170 valence electrons. The second-order valence-electron chi connectivity index (χ2n) is 7.92. The van der Waals surface area contributed by atoms with E-state index in [4.69, 9.17) is 0 Å². The van der Waals surface area contributed by atoms with Gasteiger partial charge in [-0.05, 0) is 36.8 Å². The third-order valence-corrected chi connectivity index (χ3v) is 5.61. The predicted octanol–water partition coefficient (Wildman–Crippen LogP) is 3.64. The smallest absolute Gasteiger partial charge is 0.256 e. The fourth-order valence-electron chi connectivity index (χ4n) is 4.08. The van der Waals surface area contributed by atoms with Gasteiger partial charge in [0.05, 0.1) is 29.6 Å². The maximum atomic E-state index is 14.6. The second kappa shape index (κ2) is 8.78. The number of anilines is 1. The molecular formula is C25H21FN6O2. The molecule has 2 aromatic heterocycles. The molecule has 0 saturated carbocycles. The number of halogens is 1. The Morgan fingerprint density at radius 1 is 1.18 bits per heavy atom. The van der Waals surface area contributed by atoms with E-state index in [-0.39, 0.29) is 17.6 Å². The molecule has 1 aliphatic rings. The summed E-state index contributed by atoms with van der Waals surface area (Å²) >= 11 is 0. The summed E-state index contributed by atoms with van der Waals surface area (Å²) in [4.78, 5) is 28.9. The van der Waals surface area contributed by atoms with Crippen LogP contribution < -0.4 is 10.6 Å². The highest BCUT2D eigenvalue weighted by Gasteiger charge is 2.29. The van der Waals surface area contributed by atoms with E-state index in [0.717, 1.165) is 5.69 Å². The van der Waals surface area contributed by atoms with Crippen molar-refractivity contribution < 1.29 is 14.0 Å². The number of amides is 2. The van der Waals surface area contributed by atoms with Gasteiger partial charge in [-0.15, -0.1) is 5.10 Å². The highest BCUT2D eigenvalue weighted by molar-refractivity contribution is 6.36. The van der Waals surface area contributed by atoms with Crippen molar-refractivity contribution in [1.82, 2.24) is 25.3 Å². The summed E-state index contributed by atoms with van der Waals surface area (Å²) in [6.07, 6.45) is 4.93. The Morgan fingerprint density at radius 2 is 2.00 bits per heavy atom. The zero-order valence-corrected chi connectivity index (χ0v) is 18.3. The molecular weight excluding hydrogens is 435 g/mol. The number of hydrogen-bond acceptors (Lipinski definition) is 4. The first-order chi connectivity index (χ1) is 16.5. The first kappa shape index (κ1) is 21.3. The van der Waals surface area contributed by atoms with Crippen LogP contribution in [0.2, 0.25) is 0 Å². The van der Waals surface area contributed by atoms with Crippen molar-refractivity contribution >= 4 is 29.2 Å². The number of aryl methyl sites for hydroxylation is 1. The van der Waals surface area contributed by atoms with Gasteiger partial charge in [-0.25, -0.2) is 4.39 Å². The average Bonchev–Trinajstić information content (AvgIpc) is 3.54. The maximum absolute atomic E-state index is 14.6. The Labute approximate surface area is 194 Å². The summed E-state index contributed by atoms with van der Waals surface area (Å²) in [7, 11) is 0. The fourth-order valence-corrected chi connectivity index (χ4v) is 4.08. The summed E-state index contributed by atoms with van der Waals surface area (Å²) in [6, 6.07) is 13.5. The number of nitrogens with one attached hydrogen (secondary N) is 3. The normalized spacial score (nSPS) is 13.7. The Balaban J connectivity index is 1.50. The second-order valence-corrected chi connectivity index (χ2v) is 7.92. The van der Waals surface area contributed by atoms with Crippen LogP contribution in [0.4, 0.5) is 10.1 Å². The van der Waals surface area contributed by atoms with Crippen LogP contribution in [0.1, 0.15) is 27.3 Å². The number of aromatic amines is 1. The lowest BCUT2D eigenvalue weighted by molar-refractivity contribution is -0.110. The van der Waals surface area contributed by atoms with Crippen molar-refractivity contribution in [2.45, 2.75) is 13.5 Å². The lowest BCUT2D eigenvalue weighted by Crippen LogP contribution is -2.27. The number of rotatable bonds is 6. The summed E-state index contributed by atoms with van der Waals surface area (Å²) in [5.41, 5.74) is 4.23. The standard InChI is InChI=1S/C25H21FN6O2/c1-15-13-18(24(33)27-9-11-32-12-10-28-31-32)22(29-15)14-19-23-17(16-5-2-3-7-20(16)26)6-4-8-21(23)30-25(19)34/h2-8,10,12-14,29H,9,11H2,1H3,(H,27,33)(H,30,34)/b19-14-. The van der Waals surface area contributed by atoms with Gasteiger partial charge in [-0.2, -0.15) is 0 Å². The molecule has 5 rings (SSSR count). The molecule has 3 heterocycles. The number of benzene rings is 2. The number of carbonyl (C=O) groups is 2. The molecule has 0 bridgehead atoms. The largest absolute Gasteiger partial charge is 0.358 e. The number of fused-ring (bicyclic) bond motifs is 1. The summed E-state index contributed by atoms with van der Waals surface area (Å²) in [6.45, 7) is 2.68. The first-order valence-corrected chi connectivity index (χ1v) is 10.7. The van der Waals surface area contributed by atoms with Crippen LogP contribution in [0.25, 0.3) is 22.8 Å². The Bertz CT molecular complexity index is 1420. The van der Waals surface area contributed by atoms with E-state index in [1.54, 1.807) is 65.6 Å². The zero-order valence-electron chi connectivity index (χ0n) is 18.3. The van der Waals surface area contributed by atoms with Gasteiger partial charge in [0, 0.05) is 35.2 Å². The van der Waals surface area contributed by atoms with Crippen LogP contribution in [0.15, 0.2) is 60.9 Å². The van der Waals surface area contributed by atoms with E-state index in [1.165, 1.54) is 6.07 Å². The van der Waals surface area contributed by atoms with Crippen molar-refractivity contribution in [3.05, 3.63) is 89.3 Å². The monoisotopic (exact) mass is 456 g/mol. The minimum atomic E-state index is -0.377. The van der Waals surface area contributed by atoms with Crippen LogP contribution in [-0.2, 0) is 11.3 Å². The molecule has 4 aromatic rings. The van der Waals surface area contributed by atoms with E-state index in [0.29, 0.717) is 52.3 Å². The van der Waals surface area contributed by atoms with Gasteiger partial charge < -0.3 is 15.6 Å². The molecule has 9 heteroatoms. The molecule has 0 unspecified atom stereocenters. The minimum absolute atomic E-state index is 0.280. The minimum Gasteiger partial charge on any atom is -0.358 e. The zero-order chi connectivity index (χ0) is 23.7. The van der Waals surface area contributed by atoms with Crippen molar-refractivity contribution in [3.63, 3.8) is 0 Å². The summed E-state index contributed by atoms with van der Waals surface area (Å²) in [5, 5.41) is 13.3. The highest BCUT2D eigenvalue weighted by atomic mass is 19.1. The van der Waals surface area contributed by atoms with Gasteiger partial charge >= 0.3 is 0 Å². The highest BCUT2D eigenvalue weighted by Crippen LogP contribution is 2.41. The SMILES string of the molecule is Cc1cc(C(=O)NCCn2ccnn2)c(/C=C2\C(=O)Nc3cccc(-c4ccccc4F)c32)[nH]1. The van der Waals surface area contributed by atoms with Gasteiger partial charge in [0.25, 0.3) is 11.8 Å². The fraction of sp³-hybridized carbons (Fsp3) is 0.120. The van der Waals surface area contributed by atoms with Crippen molar-refractivity contribution in [2.75, 3.05) is 11.9 Å². The molecule has 0 atom stereocenters. The van der Waals surface area contributed by atoms with Crippen LogP contribution in [-0.4, -0.2) is 38.3 Å². The Kier molecular flexibility index (Phi) is 5.51. The van der Waals surface area contributed by atoms with E-state index >= 15 is 0 Å². The quantitative estimate of drug-likeness (QED) is 0.385. The van der Waals surface area contributed by atoms with Crippen LogP contribution in [0.5, 0.6) is 0 Å². The molecule has 0 aliphatic carbocycles. The molecule has 2 aromatic carbocycles. The van der Waals surface area contributed by atoms with Crippen molar-refractivity contribution in [1.29, 1.82) is 0 Å². The molecule has 0 spiro atoms. The van der Waals surface area contributed by atoms with E-state index < -0.39 is 0 Å². The molecule has 0 radical (unpaired) electrons. The number of hydrogen-bond donors (Lipinski definition) is 3. The van der Waals surface area contributed by atoms with Crippen LogP contribution >= 0.6 is 0 Å². The Morgan fingerprint density at radius 3 is 2.79 bits per heavy atom. The number of H-pyrrole nitrogens is 1. The number of nitrogens with zero attached hydrogens (tertiary/aromatic N) is 3. The average molecular weight is 456 g/mol. The van der Waals surface area contributed by atoms with Gasteiger partial charge in [0.15, 0.2) is 0 Å². The third-order valence-electron chi connectivity index (χ3n) is 5.61. The molecule has 2 amide bonds. The van der Waals surface area contributed by atoms with E-state index in [9.17, 15) is 14.0 Å². The summed E-state index contributed by atoms with van der Waals surface area (Å²) < 4.78 is 16.2. The third kappa shape index (κ3) is 3.99. The molecule has 3 N–H and O–H groups in total. The van der Waals surface area contributed by atoms with Crippen LogP contribution in [0.3, 0.4) is 0 Å². The lowest BCUT2D eigenvalue weighted by atomic mass is 9.94. The molecule has 0 fully saturated rings. The van der Waals surface area contributed by atoms with Gasteiger partial charge in [0.1, 0.15) is 5.82 Å². The number of aromatic nitrogens is 4. The van der Waals surface area contributed by atoms with E-state index in [1.807, 2.05) is 6.92 Å².